The van der Waals surface area contributed by atoms with Crippen molar-refractivity contribution in [2.24, 2.45) is 0 Å². The Morgan fingerprint density at radius 2 is 1.72 bits per heavy atom. The second kappa shape index (κ2) is 10.1. The maximum atomic E-state index is 13.0. The molecule has 1 fully saturated rings. The van der Waals surface area contributed by atoms with E-state index in [1.807, 2.05) is 18.2 Å². The molecule has 1 aliphatic rings. The van der Waals surface area contributed by atoms with Crippen LogP contribution >= 0.6 is 15.9 Å². The minimum absolute atomic E-state index is 0.193. The molecule has 2 aromatic carbocycles. The van der Waals surface area contributed by atoms with Crippen LogP contribution in [0.2, 0.25) is 0 Å². The summed E-state index contributed by atoms with van der Waals surface area (Å²) in [7, 11) is 5.31. The molecule has 1 amide bonds. The molecule has 3 rings (SSSR count). The average molecular weight is 461 g/mol. The van der Waals surface area contributed by atoms with Crippen molar-refractivity contribution in [3.8, 4) is 11.5 Å². The first-order valence-electron chi connectivity index (χ1n) is 10.0. The standard InChI is InChI=1S/C23H29BrN2O3/c1-26(18-10-5-4-6-11-18)15-16-9-7-8-12-19(16)25-23(27)17-13-20(28-2)22(24)21(14-17)29-3/h7-9,12-14,18H,4-6,10-11,15H2,1-3H3,(H,25,27). The third kappa shape index (κ3) is 5.31. The Balaban J connectivity index is 1.77. The van der Waals surface area contributed by atoms with Crippen LogP contribution < -0.4 is 14.8 Å². The lowest BCUT2D eigenvalue weighted by molar-refractivity contribution is 0.102. The van der Waals surface area contributed by atoms with E-state index in [4.69, 9.17) is 9.47 Å². The van der Waals surface area contributed by atoms with Crippen LogP contribution in [0.4, 0.5) is 5.69 Å². The van der Waals surface area contributed by atoms with Crippen molar-refractivity contribution in [2.75, 3.05) is 26.6 Å². The van der Waals surface area contributed by atoms with E-state index in [-0.39, 0.29) is 5.91 Å². The first-order valence-corrected chi connectivity index (χ1v) is 10.8. The van der Waals surface area contributed by atoms with Crippen molar-refractivity contribution in [3.05, 3.63) is 52.0 Å². The van der Waals surface area contributed by atoms with E-state index in [0.29, 0.717) is 27.6 Å². The molecule has 0 aliphatic heterocycles. The van der Waals surface area contributed by atoms with Gasteiger partial charge in [0.25, 0.3) is 5.91 Å². The molecule has 0 saturated heterocycles. The molecule has 0 spiro atoms. The van der Waals surface area contributed by atoms with E-state index in [9.17, 15) is 4.79 Å². The van der Waals surface area contributed by atoms with E-state index < -0.39 is 0 Å². The van der Waals surface area contributed by atoms with Gasteiger partial charge in [-0.2, -0.15) is 0 Å². The number of para-hydroxylation sites is 1. The summed E-state index contributed by atoms with van der Waals surface area (Å²) in [4.78, 5) is 15.4. The number of nitrogens with zero attached hydrogens (tertiary/aromatic N) is 1. The van der Waals surface area contributed by atoms with Crippen LogP contribution in [-0.2, 0) is 6.54 Å². The van der Waals surface area contributed by atoms with Gasteiger partial charge in [0.2, 0.25) is 0 Å². The van der Waals surface area contributed by atoms with Gasteiger partial charge in [-0.1, -0.05) is 37.5 Å². The smallest absolute Gasteiger partial charge is 0.255 e. The first kappa shape index (κ1) is 21.7. The summed E-state index contributed by atoms with van der Waals surface area (Å²) in [6, 6.07) is 12.0. The fraction of sp³-hybridized carbons (Fsp3) is 0.435. The van der Waals surface area contributed by atoms with Crippen LogP contribution in [0.5, 0.6) is 11.5 Å². The Hall–Kier alpha value is -2.05. The molecular formula is C23H29BrN2O3. The largest absolute Gasteiger partial charge is 0.495 e. The van der Waals surface area contributed by atoms with Gasteiger partial charge in [0.05, 0.1) is 14.2 Å². The number of carbonyl (C=O) groups is 1. The summed E-state index contributed by atoms with van der Waals surface area (Å²) < 4.78 is 11.4. The Labute approximate surface area is 181 Å². The highest BCUT2D eigenvalue weighted by atomic mass is 79.9. The van der Waals surface area contributed by atoms with Gasteiger partial charge in [0.1, 0.15) is 16.0 Å². The molecule has 156 valence electrons. The topological polar surface area (TPSA) is 50.8 Å². The summed E-state index contributed by atoms with van der Waals surface area (Å²) in [6.07, 6.45) is 6.46. The highest BCUT2D eigenvalue weighted by Gasteiger charge is 2.20. The van der Waals surface area contributed by atoms with Crippen molar-refractivity contribution >= 4 is 27.5 Å². The van der Waals surface area contributed by atoms with Gasteiger partial charge in [0, 0.05) is 23.8 Å². The van der Waals surface area contributed by atoms with Crippen LogP contribution in [0.3, 0.4) is 0 Å². The maximum absolute atomic E-state index is 13.0. The summed E-state index contributed by atoms with van der Waals surface area (Å²) >= 11 is 3.44. The number of methoxy groups -OCH3 is 2. The van der Waals surface area contributed by atoms with Gasteiger partial charge in [-0.25, -0.2) is 0 Å². The quantitative estimate of drug-likeness (QED) is 0.593. The SMILES string of the molecule is COc1cc(C(=O)Nc2ccccc2CN(C)C2CCCCC2)cc(OC)c1Br. The van der Waals surface area contributed by atoms with Gasteiger partial charge < -0.3 is 14.8 Å². The summed E-state index contributed by atoms with van der Waals surface area (Å²) in [5, 5.41) is 3.07. The summed E-state index contributed by atoms with van der Waals surface area (Å²) in [5.41, 5.74) is 2.43. The molecule has 0 unspecified atom stereocenters. The minimum atomic E-state index is -0.193. The van der Waals surface area contributed by atoms with Crippen molar-refractivity contribution in [3.63, 3.8) is 0 Å². The van der Waals surface area contributed by atoms with Crippen molar-refractivity contribution in [1.29, 1.82) is 0 Å². The zero-order valence-electron chi connectivity index (χ0n) is 17.3. The number of halogens is 1. The fourth-order valence-electron chi connectivity index (χ4n) is 3.89. The molecule has 0 bridgehead atoms. The molecule has 6 heteroatoms. The molecule has 29 heavy (non-hydrogen) atoms. The Morgan fingerprint density at radius 1 is 1.10 bits per heavy atom. The van der Waals surface area contributed by atoms with Crippen molar-refractivity contribution < 1.29 is 14.3 Å². The van der Waals surface area contributed by atoms with E-state index in [2.05, 4.69) is 39.3 Å². The number of ether oxygens (including phenoxy) is 2. The second-order valence-corrected chi connectivity index (χ2v) is 8.31. The molecule has 0 heterocycles. The van der Waals surface area contributed by atoms with Gasteiger partial charge in [-0.3, -0.25) is 9.69 Å². The van der Waals surface area contributed by atoms with Gasteiger partial charge in [-0.15, -0.1) is 0 Å². The number of rotatable bonds is 7. The van der Waals surface area contributed by atoms with Crippen LogP contribution in [0.1, 0.15) is 48.0 Å². The number of carbonyl (C=O) groups excluding carboxylic acids is 1. The Kier molecular flexibility index (Phi) is 7.56. The molecule has 1 saturated carbocycles. The van der Waals surface area contributed by atoms with E-state index in [1.54, 1.807) is 26.4 Å². The number of benzene rings is 2. The molecule has 2 aromatic rings. The molecule has 1 N–H and O–H groups in total. The highest BCUT2D eigenvalue weighted by Crippen LogP contribution is 2.36. The molecule has 0 atom stereocenters. The maximum Gasteiger partial charge on any atom is 0.255 e. The zero-order valence-corrected chi connectivity index (χ0v) is 18.9. The molecule has 1 aliphatic carbocycles. The lowest BCUT2D eigenvalue weighted by Crippen LogP contribution is -2.33. The van der Waals surface area contributed by atoms with Gasteiger partial charge in [0.15, 0.2) is 0 Å². The highest BCUT2D eigenvalue weighted by molar-refractivity contribution is 9.10. The van der Waals surface area contributed by atoms with E-state index in [0.717, 1.165) is 17.8 Å². The van der Waals surface area contributed by atoms with Crippen molar-refractivity contribution in [1.82, 2.24) is 4.90 Å². The molecule has 5 nitrogen and oxygen atoms in total. The predicted octanol–water partition coefficient (Wildman–Crippen LogP) is 5.48. The van der Waals surface area contributed by atoms with Crippen LogP contribution in [-0.4, -0.2) is 38.1 Å². The Bertz CT molecular complexity index is 825. The summed E-state index contributed by atoms with van der Waals surface area (Å²) in [5.74, 6) is 0.918. The number of hydrogen-bond donors (Lipinski definition) is 1. The van der Waals surface area contributed by atoms with Crippen LogP contribution in [0.15, 0.2) is 40.9 Å². The number of nitrogens with one attached hydrogen (secondary N) is 1. The van der Waals surface area contributed by atoms with Crippen LogP contribution in [0, 0.1) is 0 Å². The van der Waals surface area contributed by atoms with Crippen LogP contribution in [0.25, 0.3) is 0 Å². The van der Waals surface area contributed by atoms with Gasteiger partial charge in [-0.05, 0) is 59.6 Å². The van der Waals surface area contributed by atoms with Gasteiger partial charge >= 0.3 is 0 Å². The zero-order chi connectivity index (χ0) is 20.8. The monoisotopic (exact) mass is 460 g/mol. The molecule has 0 aromatic heterocycles. The first-order chi connectivity index (χ1) is 14.0. The lowest BCUT2D eigenvalue weighted by atomic mass is 9.94. The third-order valence-corrected chi connectivity index (χ3v) is 6.37. The average Bonchev–Trinajstić information content (AvgIpc) is 2.75. The number of hydrogen-bond acceptors (Lipinski definition) is 4. The van der Waals surface area contributed by atoms with Crippen molar-refractivity contribution in [2.45, 2.75) is 44.7 Å². The predicted molar refractivity (Wildman–Crippen MR) is 120 cm³/mol. The van der Waals surface area contributed by atoms with E-state index in [1.165, 1.54) is 32.1 Å². The molecular weight excluding hydrogens is 432 g/mol. The lowest BCUT2D eigenvalue weighted by Gasteiger charge is -2.31. The number of anilines is 1. The second-order valence-electron chi connectivity index (χ2n) is 7.51. The number of amides is 1. The minimum Gasteiger partial charge on any atom is -0.495 e. The fourth-order valence-corrected chi connectivity index (χ4v) is 4.45. The Morgan fingerprint density at radius 3 is 2.34 bits per heavy atom. The molecule has 0 radical (unpaired) electrons. The summed E-state index contributed by atoms with van der Waals surface area (Å²) in [6.45, 7) is 0.814. The van der Waals surface area contributed by atoms with E-state index >= 15 is 0 Å². The normalized spacial score (nSPS) is 14.7. The third-order valence-electron chi connectivity index (χ3n) is 5.59.